The number of nitrogens with zero attached hydrogens (tertiary/aromatic N) is 2. The van der Waals surface area contributed by atoms with Crippen LogP contribution in [0.5, 0.6) is 0 Å². The van der Waals surface area contributed by atoms with Crippen molar-refractivity contribution in [1.82, 2.24) is 4.90 Å². The highest BCUT2D eigenvalue weighted by atomic mass is 19.2. The van der Waals surface area contributed by atoms with Gasteiger partial charge in [0.25, 0.3) is 5.91 Å². The molecule has 0 aliphatic carbocycles. The summed E-state index contributed by atoms with van der Waals surface area (Å²) in [6.45, 7) is 1.47. The quantitative estimate of drug-likeness (QED) is 0.527. The van der Waals surface area contributed by atoms with E-state index in [0.29, 0.717) is 22.3 Å². The summed E-state index contributed by atoms with van der Waals surface area (Å²) in [5, 5.41) is 9.10. The van der Waals surface area contributed by atoms with E-state index in [2.05, 4.69) is 0 Å². The second-order valence-corrected chi connectivity index (χ2v) is 9.45. The molecule has 2 heterocycles. The van der Waals surface area contributed by atoms with Crippen LogP contribution in [0.25, 0.3) is 22.3 Å². The predicted molar refractivity (Wildman–Crippen MR) is 127 cm³/mol. The van der Waals surface area contributed by atoms with Gasteiger partial charge in [-0.1, -0.05) is 24.3 Å². The Bertz CT molecular complexity index is 1370. The molecule has 2 aliphatic rings. The van der Waals surface area contributed by atoms with Crippen molar-refractivity contribution in [3.05, 3.63) is 82.7 Å². The maximum atomic E-state index is 15.0. The number of nitriles is 1. The van der Waals surface area contributed by atoms with Crippen molar-refractivity contribution >= 4 is 5.91 Å². The summed E-state index contributed by atoms with van der Waals surface area (Å²) in [5.74, 6) is -2.85. The van der Waals surface area contributed by atoms with E-state index in [4.69, 9.17) is 11.0 Å². The number of carbonyl (C=O) groups excluding carboxylic acids is 1. The minimum Gasteiger partial charge on any atom is -0.333 e. The molecule has 3 aromatic rings. The first kappa shape index (κ1) is 23.1. The van der Waals surface area contributed by atoms with Gasteiger partial charge in [0.05, 0.1) is 5.56 Å². The average Bonchev–Trinajstić information content (AvgIpc) is 3.12. The van der Waals surface area contributed by atoms with Gasteiger partial charge in [-0.15, -0.1) is 0 Å². The number of halogens is 3. The average molecular weight is 476 g/mol. The van der Waals surface area contributed by atoms with Crippen LogP contribution in [0.15, 0.2) is 48.5 Å². The number of nitrogens with two attached hydrogens (primary N) is 1. The van der Waals surface area contributed by atoms with Crippen molar-refractivity contribution < 1.29 is 18.0 Å². The zero-order valence-electron chi connectivity index (χ0n) is 19.2. The molecule has 0 unspecified atom stereocenters. The SMILES string of the molecule is Cc1ccc(-c2ccc(C(=O)N3[C@@H]4CC[C@H]3C[C@@H](N)C4)cc2-c2ccc(C#N)c(F)c2)c(F)c1F. The number of fused-ring (bicyclic) bond motifs is 2. The zero-order chi connectivity index (χ0) is 24.9. The summed E-state index contributed by atoms with van der Waals surface area (Å²) in [5.41, 5.74) is 7.65. The molecule has 2 fully saturated rings. The Labute approximate surface area is 201 Å². The second-order valence-electron chi connectivity index (χ2n) is 9.45. The maximum absolute atomic E-state index is 15.0. The summed E-state index contributed by atoms with van der Waals surface area (Å²) in [4.78, 5) is 15.5. The third kappa shape index (κ3) is 3.98. The van der Waals surface area contributed by atoms with Gasteiger partial charge in [-0.25, -0.2) is 13.2 Å². The van der Waals surface area contributed by atoms with E-state index >= 15 is 0 Å². The molecule has 0 aromatic heterocycles. The number of amides is 1. The Balaban J connectivity index is 1.64. The molecule has 0 radical (unpaired) electrons. The topological polar surface area (TPSA) is 70.1 Å². The Hall–Kier alpha value is -3.63. The van der Waals surface area contributed by atoms with Gasteiger partial charge in [-0.3, -0.25) is 4.79 Å². The van der Waals surface area contributed by atoms with Crippen molar-refractivity contribution in [3.8, 4) is 28.3 Å². The van der Waals surface area contributed by atoms with Crippen LogP contribution in [-0.2, 0) is 0 Å². The molecular formula is C28H24F3N3O. The normalized spacial score (nSPS) is 21.1. The first-order valence-corrected chi connectivity index (χ1v) is 11.7. The highest BCUT2D eigenvalue weighted by molar-refractivity contribution is 5.98. The van der Waals surface area contributed by atoms with E-state index in [0.717, 1.165) is 25.7 Å². The second kappa shape index (κ2) is 8.86. The molecule has 2 aliphatic heterocycles. The number of carbonyl (C=O) groups is 1. The number of rotatable bonds is 3. The van der Waals surface area contributed by atoms with Crippen molar-refractivity contribution in [3.63, 3.8) is 0 Å². The van der Waals surface area contributed by atoms with E-state index < -0.39 is 17.5 Å². The van der Waals surface area contributed by atoms with Crippen LogP contribution >= 0.6 is 0 Å². The predicted octanol–water partition coefficient (Wildman–Crippen LogP) is 5.71. The lowest BCUT2D eigenvalue weighted by molar-refractivity contribution is 0.0575. The number of piperidine rings is 1. The van der Waals surface area contributed by atoms with Gasteiger partial charge in [-0.05, 0) is 79.1 Å². The summed E-state index contributed by atoms with van der Waals surface area (Å²) in [6.07, 6.45) is 3.32. The Morgan fingerprint density at radius 3 is 2.29 bits per heavy atom. The highest BCUT2D eigenvalue weighted by Gasteiger charge is 2.42. The zero-order valence-corrected chi connectivity index (χ0v) is 19.2. The van der Waals surface area contributed by atoms with Gasteiger partial charge in [0.2, 0.25) is 0 Å². The molecule has 1 amide bonds. The van der Waals surface area contributed by atoms with Gasteiger partial charge in [-0.2, -0.15) is 5.26 Å². The summed E-state index contributed by atoms with van der Waals surface area (Å²) < 4.78 is 43.9. The smallest absolute Gasteiger partial charge is 0.254 e. The molecule has 5 rings (SSSR count). The molecule has 7 heteroatoms. The van der Waals surface area contributed by atoms with Crippen molar-refractivity contribution in [1.29, 1.82) is 5.26 Å². The fourth-order valence-corrected chi connectivity index (χ4v) is 5.48. The Kier molecular flexibility index (Phi) is 5.86. The van der Waals surface area contributed by atoms with Crippen LogP contribution < -0.4 is 5.73 Å². The first-order chi connectivity index (χ1) is 16.8. The largest absolute Gasteiger partial charge is 0.333 e. The molecule has 35 heavy (non-hydrogen) atoms. The van der Waals surface area contributed by atoms with Crippen molar-refractivity contribution in [2.75, 3.05) is 0 Å². The highest BCUT2D eigenvalue weighted by Crippen LogP contribution is 2.39. The van der Waals surface area contributed by atoms with E-state index in [1.54, 1.807) is 30.3 Å². The van der Waals surface area contributed by atoms with Crippen LogP contribution in [0.2, 0.25) is 0 Å². The third-order valence-electron chi connectivity index (χ3n) is 7.24. The van der Waals surface area contributed by atoms with Crippen LogP contribution in [0.4, 0.5) is 13.2 Å². The Morgan fingerprint density at radius 2 is 1.63 bits per heavy atom. The van der Waals surface area contributed by atoms with Gasteiger partial charge in [0, 0.05) is 29.3 Å². The standard InChI is InChI=1S/C28H24F3N3O/c1-15-2-8-23(27(31)26(15)30)22-9-5-17(10-24(22)16-3-4-18(14-32)25(29)11-16)28(35)34-20-6-7-21(34)13-19(33)12-20/h2-5,8-11,19-21H,6-7,12-13,33H2,1H3/t19-,20+,21-. The lowest BCUT2D eigenvalue weighted by atomic mass is 9.90. The summed E-state index contributed by atoms with van der Waals surface area (Å²) in [6, 6.07) is 13.8. The maximum Gasteiger partial charge on any atom is 0.254 e. The van der Waals surface area contributed by atoms with Gasteiger partial charge in [0.1, 0.15) is 11.9 Å². The lowest BCUT2D eigenvalue weighted by Gasteiger charge is -2.38. The van der Waals surface area contributed by atoms with E-state index in [1.807, 2.05) is 4.90 Å². The monoisotopic (exact) mass is 475 g/mol. The molecule has 2 saturated heterocycles. The molecule has 3 atom stereocenters. The lowest BCUT2D eigenvalue weighted by Crippen LogP contribution is -2.50. The van der Waals surface area contributed by atoms with E-state index in [1.165, 1.54) is 31.2 Å². The number of hydrogen-bond acceptors (Lipinski definition) is 3. The van der Waals surface area contributed by atoms with Crippen LogP contribution in [-0.4, -0.2) is 28.9 Å². The minimum absolute atomic E-state index is 0.0101. The van der Waals surface area contributed by atoms with Crippen molar-refractivity contribution in [2.45, 2.75) is 50.7 Å². The minimum atomic E-state index is -1.01. The summed E-state index contributed by atoms with van der Waals surface area (Å²) in [7, 11) is 0. The number of aryl methyl sites for hydroxylation is 1. The summed E-state index contributed by atoms with van der Waals surface area (Å²) >= 11 is 0. The molecule has 2 bridgehead atoms. The fraction of sp³-hybridized carbons (Fsp3) is 0.286. The van der Waals surface area contributed by atoms with E-state index in [9.17, 15) is 18.0 Å². The van der Waals surface area contributed by atoms with Gasteiger partial charge >= 0.3 is 0 Å². The van der Waals surface area contributed by atoms with Crippen molar-refractivity contribution in [2.24, 2.45) is 5.73 Å². The molecule has 178 valence electrons. The van der Waals surface area contributed by atoms with Gasteiger partial charge < -0.3 is 10.6 Å². The number of benzene rings is 3. The number of hydrogen-bond donors (Lipinski definition) is 1. The molecule has 4 nitrogen and oxygen atoms in total. The Morgan fingerprint density at radius 1 is 0.943 bits per heavy atom. The third-order valence-corrected chi connectivity index (χ3v) is 7.24. The van der Waals surface area contributed by atoms with Gasteiger partial charge in [0.15, 0.2) is 11.6 Å². The molecule has 0 saturated carbocycles. The fourth-order valence-electron chi connectivity index (χ4n) is 5.48. The van der Waals surface area contributed by atoms with Crippen LogP contribution in [0.3, 0.4) is 0 Å². The molecule has 0 spiro atoms. The molecule has 2 N–H and O–H groups in total. The van der Waals surface area contributed by atoms with Crippen LogP contribution in [0, 0.1) is 35.7 Å². The van der Waals surface area contributed by atoms with E-state index in [-0.39, 0.29) is 40.7 Å². The first-order valence-electron chi connectivity index (χ1n) is 11.7. The van der Waals surface area contributed by atoms with Crippen LogP contribution in [0.1, 0.15) is 47.2 Å². The molecule has 3 aromatic carbocycles. The molecular weight excluding hydrogens is 451 g/mol.